The predicted octanol–water partition coefficient (Wildman–Crippen LogP) is 3.00. The maximum absolute atomic E-state index is 9.02. The number of hydrogen-bond donors (Lipinski definition) is 0. The van der Waals surface area contributed by atoms with E-state index in [1.54, 1.807) is 0 Å². The zero-order valence-corrected chi connectivity index (χ0v) is 9.74. The van der Waals surface area contributed by atoms with Gasteiger partial charge in [0.1, 0.15) is 17.7 Å². The molecule has 0 radical (unpaired) electrons. The van der Waals surface area contributed by atoms with Crippen molar-refractivity contribution < 1.29 is 0 Å². The minimum absolute atomic E-state index is 0.166. The van der Waals surface area contributed by atoms with Crippen LogP contribution < -0.4 is 0 Å². The lowest BCUT2D eigenvalue weighted by Gasteiger charge is -2.53. The van der Waals surface area contributed by atoms with Gasteiger partial charge in [0.05, 0.1) is 0 Å². The Balaban J connectivity index is 2.07. The van der Waals surface area contributed by atoms with Gasteiger partial charge in [-0.05, 0) is 54.9 Å². The molecule has 0 heterocycles. The Morgan fingerprint density at radius 2 is 1.88 bits per heavy atom. The van der Waals surface area contributed by atoms with Gasteiger partial charge in [0.25, 0.3) is 0 Å². The minimum atomic E-state index is 0.166. The smallest absolute Gasteiger partial charge is 0.129 e. The fourth-order valence-corrected chi connectivity index (χ4v) is 4.60. The maximum atomic E-state index is 9.02. The third-order valence-corrected chi connectivity index (χ3v) is 5.28. The van der Waals surface area contributed by atoms with E-state index >= 15 is 0 Å². The minimum Gasteiger partial charge on any atom is -0.192 e. The lowest BCUT2D eigenvalue weighted by molar-refractivity contribution is 0.0738. The molecule has 4 bridgehead atoms. The summed E-state index contributed by atoms with van der Waals surface area (Å²) in [4.78, 5) is 0. The van der Waals surface area contributed by atoms with Gasteiger partial charge in [0, 0.05) is 5.38 Å². The Labute approximate surface area is 100 Å². The maximum Gasteiger partial charge on any atom is 0.129 e. The van der Waals surface area contributed by atoms with E-state index in [1.807, 2.05) is 0 Å². The normalized spacial score (nSPS) is 43.9. The quantitative estimate of drug-likeness (QED) is 0.476. The molecular formula is C13H13ClN2. The lowest BCUT2D eigenvalue weighted by atomic mass is 9.53. The van der Waals surface area contributed by atoms with Crippen LogP contribution in [0.15, 0.2) is 11.1 Å². The predicted molar refractivity (Wildman–Crippen MR) is 60.3 cm³/mol. The van der Waals surface area contributed by atoms with E-state index in [4.69, 9.17) is 22.1 Å². The number of halogens is 1. The van der Waals surface area contributed by atoms with Gasteiger partial charge in [-0.15, -0.1) is 11.6 Å². The molecule has 16 heavy (non-hydrogen) atoms. The van der Waals surface area contributed by atoms with Crippen LogP contribution in [0.5, 0.6) is 0 Å². The third kappa shape index (κ3) is 1.23. The standard InChI is InChI=1S/C13H13ClN2/c14-13-9-2-7-1-8(4-9)12(11(13)3-7)10(5-15)6-16/h7-9,11,13H,1-4H2/t7?,8?,9?,11?,13-/m0/s1. The molecule has 0 aromatic heterocycles. The van der Waals surface area contributed by atoms with Gasteiger partial charge in [-0.25, -0.2) is 0 Å². The van der Waals surface area contributed by atoms with Crippen molar-refractivity contribution in [1.29, 1.82) is 10.5 Å². The molecule has 4 rings (SSSR count). The van der Waals surface area contributed by atoms with E-state index in [0.29, 0.717) is 23.3 Å². The average molecular weight is 233 g/mol. The molecule has 0 aromatic carbocycles. The van der Waals surface area contributed by atoms with Crippen LogP contribution in [0.25, 0.3) is 0 Å². The van der Waals surface area contributed by atoms with Crippen LogP contribution in [0.1, 0.15) is 25.7 Å². The number of alkyl halides is 1. The fraction of sp³-hybridized carbons (Fsp3) is 0.692. The van der Waals surface area contributed by atoms with Crippen LogP contribution in [-0.2, 0) is 0 Å². The molecule has 0 amide bonds. The number of rotatable bonds is 0. The van der Waals surface area contributed by atoms with Crippen molar-refractivity contribution in [2.24, 2.45) is 23.7 Å². The van der Waals surface area contributed by atoms with Gasteiger partial charge >= 0.3 is 0 Å². The van der Waals surface area contributed by atoms with Gasteiger partial charge in [-0.1, -0.05) is 0 Å². The van der Waals surface area contributed by atoms with Crippen molar-refractivity contribution >= 4 is 11.6 Å². The van der Waals surface area contributed by atoms with E-state index in [9.17, 15) is 0 Å². The first-order chi connectivity index (χ1) is 7.74. The molecule has 0 N–H and O–H groups in total. The molecule has 4 fully saturated rings. The highest BCUT2D eigenvalue weighted by molar-refractivity contribution is 6.21. The monoisotopic (exact) mass is 232 g/mol. The van der Waals surface area contributed by atoms with E-state index in [2.05, 4.69) is 12.1 Å². The summed E-state index contributed by atoms with van der Waals surface area (Å²) in [6.07, 6.45) is 4.65. The Morgan fingerprint density at radius 1 is 1.12 bits per heavy atom. The summed E-state index contributed by atoms with van der Waals surface area (Å²) in [5, 5.41) is 18.2. The Bertz CT molecular complexity index is 424. The van der Waals surface area contributed by atoms with Crippen molar-refractivity contribution in [3.8, 4) is 12.1 Å². The summed E-state index contributed by atoms with van der Waals surface area (Å²) < 4.78 is 0. The van der Waals surface area contributed by atoms with E-state index in [0.717, 1.165) is 24.3 Å². The van der Waals surface area contributed by atoms with Crippen molar-refractivity contribution in [2.45, 2.75) is 31.1 Å². The van der Waals surface area contributed by atoms with Gasteiger partial charge < -0.3 is 0 Å². The molecular weight excluding hydrogens is 220 g/mol. The molecule has 0 spiro atoms. The molecule has 3 heteroatoms. The molecule has 4 aliphatic rings. The summed E-state index contributed by atoms with van der Waals surface area (Å²) >= 11 is 6.47. The molecule has 4 aliphatic carbocycles. The Morgan fingerprint density at radius 3 is 2.56 bits per heavy atom. The van der Waals surface area contributed by atoms with Crippen molar-refractivity contribution in [3.63, 3.8) is 0 Å². The van der Waals surface area contributed by atoms with Crippen LogP contribution in [0.4, 0.5) is 0 Å². The zero-order valence-electron chi connectivity index (χ0n) is 8.99. The second-order valence-electron chi connectivity index (χ2n) is 5.37. The summed E-state index contributed by atoms with van der Waals surface area (Å²) in [7, 11) is 0. The SMILES string of the molecule is N#CC(C#N)=C1C2CC3CC(C2)[C@H](Cl)C1C3. The van der Waals surface area contributed by atoms with Crippen LogP contribution in [-0.4, -0.2) is 5.38 Å². The average Bonchev–Trinajstić information content (AvgIpc) is 2.29. The van der Waals surface area contributed by atoms with Crippen molar-refractivity contribution in [2.75, 3.05) is 0 Å². The summed E-state index contributed by atoms with van der Waals surface area (Å²) in [5.41, 5.74) is 1.44. The molecule has 4 unspecified atom stereocenters. The molecule has 2 nitrogen and oxygen atoms in total. The number of allylic oxidation sites excluding steroid dienone is 2. The van der Waals surface area contributed by atoms with Gasteiger partial charge in [0.15, 0.2) is 0 Å². The van der Waals surface area contributed by atoms with Crippen LogP contribution in [0, 0.1) is 46.3 Å². The highest BCUT2D eigenvalue weighted by atomic mass is 35.5. The van der Waals surface area contributed by atoms with Gasteiger partial charge in [0.2, 0.25) is 0 Å². The summed E-state index contributed by atoms with van der Waals surface area (Å²) in [5.74, 6) is 2.22. The van der Waals surface area contributed by atoms with Crippen molar-refractivity contribution in [1.82, 2.24) is 0 Å². The molecule has 82 valence electrons. The molecule has 5 atom stereocenters. The Hall–Kier alpha value is -0.990. The first-order valence-electron chi connectivity index (χ1n) is 5.93. The molecule has 0 aromatic rings. The number of hydrogen-bond acceptors (Lipinski definition) is 2. The molecule has 0 aliphatic heterocycles. The van der Waals surface area contributed by atoms with Crippen LogP contribution in [0.3, 0.4) is 0 Å². The van der Waals surface area contributed by atoms with Gasteiger partial charge in [-0.2, -0.15) is 10.5 Å². The highest BCUT2D eigenvalue weighted by Gasteiger charge is 2.51. The molecule has 4 saturated carbocycles. The fourth-order valence-electron chi connectivity index (χ4n) is 4.15. The second-order valence-corrected chi connectivity index (χ2v) is 5.87. The number of nitrogens with zero attached hydrogens (tertiary/aromatic N) is 2. The topological polar surface area (TPSA) is 47.6 Å². The summed E-state index contributed by atoms with van der Waals surface area (Å²) in [6, 6.07) is 4.12. The van der Waals surface area contributed by atoms with Crippen LogP contribution in [0.2, 0.25) is 0 Å². The largest absolute Gasteiger partial charge is 0.192 e. The van der Waals surface area contributed by atoms with E-state index in [-0.39, 0.29) is 5.38 Å². The van der Waals surface area contributed by atoms with E-state index in [1.165, 1.54) is 12.8 Å². The van der Waals surface area contributed by atoms with E-state index < -0.39 is 0 Å². The first kappa shape index (κ1) is 10.2. The van der Waals surface area contributed by atoms with Gasteiger partial charge in [-0.3, -0.25) is 0 Å². The highest BCUT2D eigenvalue weighted by Crippen LogP contribution is 2.58. The van der Waals surface area contributed by atoms with Crippen LogP contribution >= 0.6 is 11.6 Å². The lowest BCUT2D eigenvalue weighted by Crippen LogP contribution is -2.47. The molecule has 0 saturated heterocycles. The Kier molecular flexibility index (Phi) is 2.23. The zero-order chi connectivity index (χ0) is 11.3. The third-order valence-electron chi connectivity index (χ3n) is 4.61. The first-order valence-corrected chi connectivity index (χ1v) is 6.36. The second kappa shape index (κ2) is 3.51. The number of nitriles is 2. The summed E-state index contributed by atoms with van der Waals surface area (Å²) in [6.45, 7) is 0. The van der Waals surface area contributed by atoms with Crippen molar-refractivity contribution in [3.05, 3.63) is 11.1 Å².